The second kappa shape index (κ2) is 4.98. The van der Waals surface area contributed by atoms with Crippen molar-refractivity contribution in [1.29, 1.82) is 0 Å². The molecule has 1 nitrogen and oxygen atoms in total. The second-order valence-electron chi connectivity index (χ2n) is 4.06. The first-order chi connectivity index (χ1) is 7.70. The van der Waals surface area contributed by atoms with Crippen molar-refractivity contribution < 1.29 is 5.11 Å². The van der Waals surface area contributed by atoms with Crippen molar-refractivity contribution in [2.75, 3.05) is 0 Å². The summed E-state index contributed by atoms with van der Waals surface area (Å²) in [6, 6.07) is 12.3. The molecule has 1 unspecified atom stereocenters. The highest BCUT2D eigenvalue weighted by molar-refractivity contribution is 9.10. The van der Waals surface area contributed by atoms with E-state index in [1.165, 1.54) is 10.8 Å². The van der Waals surface area contributed by atoms with Crippen molar-refractivity contribution in [3.8, 4) is 0 Å². The molecule has 0 amide bonds. The van der Waals surface area contributed by atoms with Crippen LogP contribution in [0.1, 0.15) is 31.4 Å². The molecule has 0 heterocycles. The van der Waals surface area contributed by atoms with E-state index >= 15 is 0 Å². The van der Waals surface area contributed by atoms with E-state index in [1.807, 2.05) is 12.1 Å². The standard InChI is InChI=1S/C14H15BrO/c1-2-3-14(16)12-5-4-11-9-13(15)7-6-10(11)8-12/h4-9,14,16H,2-3H2,1H3. The molecule has 0 aliphatic heterocycles. The van der Waals surface area contributed by atoms with Crippen molar-refractivity contribution in [2.24, 2.45) is 0 Å². The van der Waals surface area contributed by atoms with Crippen LogP contribution in [-0.4, -0.2) is 5.11 Å². The molecule has 0 aliphatic rings. The van der Waals surface area contributed by atoms with E-state index in [9.17, 15) is 5.11 Å². The maximum absolute atomic E-state index is 9.93. The lowest BCUT2D eigenvalue weighted by Gasteiger charge is -2.10. The monoisotopic (exact) mass is 278 g/mol. The lowest BCUT2D eigenvalue weighted by Crippen LogP contribution is -1.96. The van der Waals surface area contributed by atoms with Gasteiger partial charge in [0.1, 0.15) is 0 Å². The molecule has 2 rings (SSSR count). The van der Waals surface area contributed by atoms with Crippen molar-refractivity contribution in [1.82, 2.24) is 0 Å². The smallest absolute Gasteiger partial charge is 0.0790 e. The summed E-state index contributed by atoms with van der Waals surface area (Å²) in [5.41, 5.74) is 1.01. The predicted molar refractivity (Wildman–Crippen MR) is 71.5 cm³/mol. The van der Waals surface area contributed by atoms with Crippen molar-refractivity contribution in [2.45, 2.75) is 25.9 Å². The fraction of sp³-hybridized carbons (Fsp3) is 0.286. The van der Waals surface area contributed by atoms with Crippen LogP contribution in [0.25, 0.3) is 10.8 Å². The van der Waals surface area contributed by atoms with Gasteiger partial charge in [0.2, 0.25) is 0 Å². The number of rotatable bonds is 3. The van der Waals surface area contributed by atoms with Gasteiger partial charge in [-0.2, -0.15) is 0 Å². The molecule has 16 heavy (non-hydrogen) atoms. The van der Waals surface area contributed by atoms with Gasteiger partial charge < -0.3 is 5.11 Å². The van der Waals surface area contributed by atoms with E-state index in [4.69, 9.17) is 0 Å². The van der Waals surface area contributed by atoms with E-state index in [-0.39, 0.29) is 6.10 Å². The molecule has 84 valence electrons. The van der Waals surface area contributed by atoms with E-state index < -0.39 is 0 Å². The topological polar surface area (TPSA) is 20.2 Å². The molecule has 0 aliphatic carbocycles. The number of fused-ring (bicyclic) bond motifs is 1. The minimum Gasteiger partial charge on any atom is -0.388 e. The number of hydrogen-bond acceptors (Lipinski definition) is 1. The van der Waals surface area contributed by atoms with Crippen molar-refractivity contribution in [3.05, 3.63) is 46.4 Å². The van der Waals surface area contributed by atoms with Gasteiger partial charge >= 0.3 is 0 Å². The zero-order valence-electron chi connectivity index (χ0n) is 9.28. The summed E-state index contributed by atoms with van der Waals surface area (Å²) in [4.78, 5) is 0. The highest BCUT2D eigenvalue weighted by atomic mass is 79.9. The summed E-state index contributed by atoms with van der Waals surface area (Å²) in [5, 5.41) is 12.3. The highest BCUT2D eigenvalue weighted by Crippen LogP contribution is 2.25. The molecule has 0 fully saturated rings. The maximum atomic E-state index is 9.93. The molecule has 1 N–H and O–H groups in total. The van der Waals surface area contributed by atoms with Crippen LogP contribution < -0.4 is 0 Å². The lowest BCUT2D eigenvalue weighted by atomic mass is 10.0. The van der Waals surface area contributed by atoms with Gasteiger partial charge in [-0.25, -0.2) is 0 Å². The zero-order chi connectivity index (χ0) is 11.5. The highest BCUT2D eigenvalue weighted by Gasteiger charge is 2.06. The minimum atomic E-state index is -0.335. The fourth-order valence-electron chi connectivity index (χ4n) is 1.88. The summed E-state index contributed by atoms with van der Waals surface area (Å²) in [7, 11) is 0. The third kappa shape index (κ3) is 2.45. The zero-order valence-corrected chi connectivity index (χ0v) is 10.9. The molecular formula is C14H15BrO. The summed E-state index contributed by atoms with van der Waals surface area (Å²) in [6.07, 6.45) is 1.49. The molecule has 0 spiro atoms. The number of aliphatic hydroxyl groups is 1. The Balaban J connectivity index is 2.40. The normalized spacial score (nSPS) is 12.9. The summed E-state index contributed by atoms with van der Waals surface area (Å²) < 4.78 is 1.09. The molecule has 2 aromatic rings. The molecule has 1 atom stereocenters. The first-order valence-corrected chi connectivity index (χ1v) is 6.37. The Morgan fingerprint density at radius 1 is 1.12 bits per heavy atom. The summed E-state index contributed by atoms with van der Waals surface area (Å²) in [5.74, 6) is 0. The van der Waals surface area contributed by atoms with Crippen LogP contribution in [0.2, 0.25) is 0 Å². The number of benzene rings is 2. The fourth-order valence-corrected chi connectivity index (χ4v) is 2.26. The average molecular weight is 279 g/mol. The third-order valence-corrected chi connectivity index (χ3v) is 3.27. The quantitative estimate of drug-likeness (QED) is 0.880. The van der Waals surface area contributed by atoms with Gasteiger partial charge in [0.15, 0.2) is 0 Å². The van der Waals surface area contributed by atoms with Crippen LogP contribution in [-0.2, 0) is 0 Å². The van der Waals surface area contributed by atoms with E-state index in [1.54, 1.807) is 0 Å². The molecule has 2 aromatic carbocycles. The second-order valence-corrected chi connectivity index (χ2v) is 4.97. The average Bonchev–Trinajstić information content (AvgIpc) is 2.28. The Kier molecular flexibility index (Phi) is 3.62. The Morgan fingerprint density at radius 3 is 2.56 bits per heavy atom. The van der Waals surface area contributed by atoms with Crippen LogP contribution in [0.5, 0.6) is 0 Å². The van der Waals surface area contributed by atoms with Gasteiger partial charge in [0.05, 0.1) is 6.10 Å². The Bertz CT molecular complexity index is 493. The molecule has 0 aromatic heterocycles. The lowest BCUT2D eigenvalue weighted by molar-refractivity contribution is 0.166. The van der Waals surface area contributed by atoms with Crippen molar-refractivity contribution >= 4 is 26.7 Å². The van der Waals surface area contributed by atoms with E-state index in [0.29, 0.717) is 0 Å². The van der Waals surface area contributed by atoms with Crippen LogP contribution in [0.4, 0.5) is 0 Å². The third-order valence-electron chi connectivity index (χ3n) is 2.77. The number of hydrogen-bond donors (Lipinski definition) is 1. The summed E-state index contributed by atoms with van der Waals surface area (Å²) >= 11 is 3.46. The van der Waals surface area contributed by atoms with Crippen LogP contribution in [0.15, 0.2) is 40.9 Å². The molecular weight excluding hydrogens is 264 g/mol. The summed E-state index contributed by atoms with van der Waals surface area (Å²) in [6.45, 7) is 2.08. The SMILES string of the molecule is CCCC(O)c1ccc2cc(Br)ccc2c1. The van der Waals surface area contributed by atoms with Gasteiger partial charge in [0, 0.05) is 4.47 Å². The number of halogens is 1. The predicted octanol–water partition coefficient (Wildman–Crippen LogP) is 4.44. The maximum Gasteiger partial charge on any atom is 0.0790 e. The molecule has 0 bridgehead atoms. The Hall–Kier alpha value is -0.860. The molecule has 2 heteroatoms. The van der Waals surface area contributed by atoms with Gasteiger partial charge in [-0.05, 0) is 41.0 Å². The number of aliphatic hydroxyl groups excluding tert-OH is 1. The first-order valence-electron chi connectivity index (χ1n) is 5.58. The van der Waals surface area contributed by atoms with Crippen molar-refractivity contribution in [3.63, 3.8) is 0 Å². The van der Waals surface area contributed by atoms with Crippen LogP contribution >= 0.6 is 15.9 Å². The van der Waals surface area contributed by atoms with Gasteiger partial charge in [0.25, 0.3) is 0 Å². The van der Waals surface area contributed by atoms with Gasteiger partial charge in [-0.1, -0.05) is 47.5 Å². The van der Waals surface area contributed by atoms with E-state index in [0.717, 1.165) is 22.9 Å². The largest absolute Gasteiger partial charge is 0.388 e. The van der Waals surface area contributed by atoms with Gasteiger partial charge in [-0.3, -0.25) is 0 Å². The molecule has 0 saturated carbocycles. The van der Waals surface area contributed by atoms with Crippen LogP contribution in [0, 0.1) is 0 Å². The van der Waals surface area contributed by atoms with Crippen LogP contribution in [0.3, 0.4) is 0 Å². The first kappa shape index (κ1) is 11.6. The minimum absolute atomic E-state index is 0.335. The molecule has 0 saturated heterocycles. The van der Waals surface area contributed by atoms with Gasteiger partial charge in [-0.15, -0.1) is 0 Å². The Morgan fingerprint density at radius 2 is 1.81 bits per heavy atom. The Labute approximate surface area is 104 Å². The van der Waals surface area contributed by atoms with E-state index in [2.05, 4.69) is 47.1 Å². The molecule has 0 radical (unpaired) electrons.